The largest absolute Gasteiger partial charge is 0.475 e. The van der Waals surface area contributed by atoms with Crippen LogP contribution in [-0.4, -0.2) is 42.0 Å². The molecule has 0 spiro atoms. The predicted molar refractivity (Wildman–Crippen MR) is 65.4 cm³/mol. The summed E-state index contributed by atoms with van der Waals surface area (Å²) in [4.78, 5) is 23.8. The second-order valence-electron chi connectivity index (χ2n) is 4.01. The first kappa shape index (κ1) is 14.2. The third-order valence-electron chi connectivity index (χ3n) is 2.72. The molecule has 0 fully saturated rings. The molecule has 6 nitrogen and oxygen atoms in total. The van der Waals surface area contributed by atoms with Crippen molar-refractivity contribution in [1.29, 1.82) is 0 Å². The summed E-state index contributed by atoms with van der Waals surface area (Å²) in [7, 11) is 1.73. The van der Waals surface area contributed by atoms with Crippen molar-refractivity contribution in [2.24, 2.45) is 0 Å². The van der Waals surface area contributed by atoms with E-state index in [9.17, 15) is 9.59 Å². The Hall–Kier alpha value is -1.82. The van der Waals surface area contributed by atoms with Gasteiger partial charge in [0.2, 0.25) is 11.7 Å². The molecule has 100 valence electrons. The van der Waals surface area contributed by atoms with Gasteiger partial charge in [-0.2, -0.15) is 0 Å². The average molecular weight is 254 g/mol. The highest BCUT2D eigenvalue weighted by Crippen LogP contribution is 2.14. The number of likely N-dealkylation sites (N-methyl/N-ethyl adjacent to an activating group) is 1. The van der Waals surface area contributed by atoms with E-state index < -0.39 is 5.97 Å². The number of nitrogens with one attached hydrogen (secondary N) is 1. The molecule has 1 amide bonds. The number of hydrogen-bond acceptors (Lipinski definition) is 4. The van der Waals surface area contributed by atoms with Gasteiger partial charge < -0.3 is 19.7 Å². The fraction of sp³-hybridized carbons (Fsp3) is 0.500. The van der Waals surface area contributed by atoms with Crippen molar-refractivity contribution < 1.29 is 19.1 Å². The minimum absolute atomic E-state index is 0.00268. The van der Waals surface area contributed by atoms with Crippen LogP contribution in [-0.2, 0) is 11.3 Å². The highest BCUT2D eigenvalue weighted by Gasteiger charge is 2.13. The fourth-order valence-electron chi connectivity index (χ4n) is 1.42. The Bertz CT molecular complexity index is 439. The third-order valence-corrected chi connectivity index (χ3v) is 2.72. The number of nitrogens with zero attached hydrogens (tertiary/aromatic N) is 1. The van der Waals surface area contributed by atoms with E-state index in [1.54, 1.807) is 18.9 Å². The normalized spacial score (nSPS) is 10.4. The average Bonchev–Trinajstić information content (AvgIpc) is 2.70. The SMILES string of the molecule is CCN(C)C(=O)CNCc1cc(C(=O)O)oc1C. The molecular formula is C12H18N2O4. The Morgan fingerprint density at radius 2 is 2.17 bits per heavy atom. The minimum atomic E-state index is -1.09. The molecule has 0 saturated carbocycles. The third kappa shape index (κ3) is 3.59. The topological polar surface area (TPSA) is 82.8 Å². The Morgan fingerprint density at radius 3 is 2.67 bits per heavy atom. The van der Waals surface area contributed by atoms with Gasteiger partial charge in [0.15, 0.2) is 0 Å². The fourth-order valence-corrected chi connectivity index (χ4v) is 1.42. The zero-order valence-electron chi connectivity index (χ0n) is 10.8. The van der Waals surface area contributed by atoms with Gasteiger partial charge >= 0.3 is 5.97 Å². The molecule has 0 saturated heterocycles. The van der Waals surface area contributed by atoms with Crippen LogP contribution in [0.15, 0.2) is 10.5 Å². The quantitative estimate of drug-likeness (QED) is 0.786. The molecule has 1 heterocycles. The molecule has 0 aliphatic carbocycles. The monoisotopic (exact) mass is 254 g/mol. The molecular weight excluding hydrogens is 236 g/mol. The number of rotatable bonds is 6. The van der Waals surface area contributed by atoms with Gasteiger partial charge in [0, 0.05) is 25.7 Å². The maximum Gasteiger partial charge on any atom is 0.371 e. The van der Waals surface area contributed by atoms with E-state index in [2.05, 4.69) is 5.32 Å². The first-order valence-corrected chi connectivity index (χ1v) is 5.73. The van der Waals surface area contributed by atoms with Gasteiger partial charge in [0.1, 0.15) is 5.76 Å². The zero-order valence-corrected chi connectivity index (χ0v) is 10.8. The summed E-state index contributed by atoms with van der Waals surface area (Å²) in [5.41, 5.74) is 0.749. The molecule has 2 N–H and O–H groups in total. The van der Waals surface area contributed by atoms with Crippen LogP contribution in [0, 0.1) is 6.92 Å². The van der Waals surface area contributed by atoms with E-state index in [0.29, 0.717) is 18.8 Å². The second-order valence-corrected chi connectivity index (χ2v) is 4.01. The first-order valence-electron chi connectivity index (χ1n) is 5.73. The molecule has 0 aliphatic rings. The molecule has 1 aromatic heterocycles. The number of hydrogen-bond donors (Lipinski definition) is 2. The summed E-state index contributed by atoms with van der Waals surface area (Å²) in [6.07, 6.45) is 0. The first-order chi connectivity index (χ1) is 8.45. The number of amides is 1. The van der Waals surface area contributed by atoms with E-state index in [-0.39, 0.29) is 18.2 Å². The smallest absolute Gasteiger partial charge is 0.371 e. The van der Waals surface area contributed by atoms with Crippen molar-refractivity contribution in [3.63, 3.8) is 0 Å². The van der Waals surface area contributed by atoms with Gasteiger partial charge in [-0.05, 0) is 19.9 Å². The molecule has 0 aliphatic heterocycles. The van der Waals surface area contributed by atoms with Crippen LogP contribution in [0.1, 0.15) is 28.8 Å². The number of carboxylic acids is 1. The molecule has 6 heteroatoms. The molecule has 18 heavy (non-hydrogen) atoms. The van der Waals surface area contributed by atoms with E-state index >= 15 is 0 Å². The van der Waals surface area contributed by atoms with E-state index in [4.69, 9.17) is 9.52 Å². The Labute approximate surface area is 106 Å². The molecule has 1 rings (SSSR count). The summed E-state index contributed by atoms with van der Waals surface area (Å²) < 4.78 is 5.07. The van der Waals surface area contributed by atoms with Gasteiger partial charge in [0.05, 0.1) is 6.54 Å². The lowest BCUT2D eigenvalue weighted by atomic mass is 10.2. The molecule has 1 aromatic rings. The highest BCUT2D eigenvalue weighted by atomic mass is 16.4. The summed E-state index contributed by atoms with van der Waals surface area (Å²) in [5.74, 6) is -0.624. The van der Waals surface area contributed by atoms with Crippen molar-refractivity contribution in [2.45, 2.75) is 20.4 Å². The lowest BCUT2D eigenvalue weighted by Gasteiger charge is -2.14. The van der Waals surface area contributed by atoms with Crippen LogP contribution in [0.5, 0.6) is 0 Å². The second kappa shape index (κ2) is 6.20. The van der Waals surface area contributed by atoms with Crippen molar-refractivity contribution >= 4 is 11.9 Å². The standard InChI is InChI=1S/C12H18N2O4/c1-4-14(3)11(15)7-13-6-9-5-10(12(16)17)18-8(9)2/h5,13H,4,6-7H2,1-3H3,(H,16,17). The summed E-state index contributed by atoms with van der Waals surface area (Å²) in [6.45, 7) is 4.89. The lowest BCUT2D eigenvalue weighted by Crippen LogP contribution is -2.35. The van der Waals surface area contributed by atoms with Crippen LogP contribution in [0.25, 0.3) is 0 Å². The molecule has 0 bridgehead atoms. The number of carboxylic acid groups (broad SMARTS) is 1. The maximum absolute atomic E-state index is 11.5. The summed E-state index contributed by atoms with van der Waals surface area (Å²) >= 11 is 0. The molecule has 0 aromatic carbocycles. The van der Waals surface area contributed by atoms with Crippen LogP contribution in [0.2, 0.25) is 0 Å². The van der Waals surface area contributed by atoms with E-state index in [1.165, 1.54) is 6.07 Å². The number of furan rings is 1. The zero-order chi connectivity index (χ0) is 13.7. The maximum atomic E-state index is 11.5. The Balaban J connectivity index is 2.49. The van der Waals surface area contributed by atoms with Crippen molar-refractivity contribution in [1.82, 2.24) is 10.2 Å². The summed E-state index contributed by atoms with van der Waals surface area (Å²) in [5, 5.41) is 11.7. The van der Waals surface area contributed by atoms with Crippen molar-refractivity contribution in [3.05, 3.63) is 23.2 Å². The number of aromatic carboxylic acids is 1. The van der Waals surface area contributed by atoms with Gasteiger partial charge in [-0.1, -0.05) is 0 Å². The number of carbonyl (C=O) groups excluding carboxylic acids is 1. The minimum Gasteiger partial charge on any atom is -0.475 e. The van der Waals surface area contributed by atoms with E-state index in [0.717, 1.165) is 5.56 Å². The lowest BCUT2D eigenvalue weighted by molar-refractivity contribution is -0.128. The van der Waals surface area contributed by atoms with Gasteiger partial charge in [0.25, 0.3) is 0 Å². The van der Waals surface area contributed by atoms with Crippen molar-refractivity contribution in [2.75, 3.05) is 20.1 Å². The van der Waals surface area contributed by atoms with Gasteiger partial charge in [-0.3, -0.25) is 4.79 Å². The highest BCUT2D eigenvalue weighted by molar-refractivity contribution is 5.84. The number of carbonyl (C=O) groups is 2. The summed E-state index contributed by atoms with van der Waals surface area (Å²) in [6, 6.07) is 1.47. The van der Waals surface area contributed by atoms with Crippen LogP contribution >= 0.6 is 0 Å². The van der Waals surface area contributed by atoms with Crippen LogP contribution in [0.4, 0.5) is 0 Å². The van der Waals surface area contributed by atoms with Crippen LogP contribution < -0.4 is 5.32 Å². The molecule has 0 unspecified atom stereocenters. The molecule has 0 atom stereocenters. The van der Waals surface area contributed by atoms with Crippen molar-refractivity contribution in [3.8, 4) is 0 Å². The Morgan fingerprint density at radius 1 is 1.50 bits per heavy atom. The number of aryl methyl sites for hydroxylation is 1. The predicted octanol–water partition coefficient (Wildman–Crippen LogP) is 0.854. The van der Waals surface area contributed by atoms with Gasteiger partial charge in [-0.25, -0.2) is 4.79 Å². The van der Waals surface area contributed by atoms with Crippen LogP contribution in [0.3, 0.4) is 0 Å². The van der Waals surface area contributed by atoms with E-state index in [1.807, 2.05) is 6.92 Å². The molecule has 0 radical (unpaired) electrons. The van der Waals surface area contributed by atoms with Gasteiger partial charge in [-0.15, -0.1) is 0 Å². The Kier molecular flexibility index (Phi) is 4.91.